The van der Waals surface area contributed by atoms with E-state index in [4.69, 9.17) is 4.74 Å². The zero-order chi connectivity index (χ0) is 22.8. The number of nitrogens with zero attached hydrogens (tertiary/aromatic N) is 4. The Balaban J connectivity index is 1.52. The van der Waals surface area contributed by atoms with Crippen LogP contribution in [-0.2, 0) is 11.3 Å². The molecular weight excluding hydrogens is 426 g/mol. The number of piperidine rings is 1. The van der Waals surface area contributed by atoms with Crippen LogP contribution in [0.2, 0.25) is 0 Å². The molecule has 0 spiro atoms. The first kappa shape index (κ1) is 23.0. The summed E-state index contributed by atoms with van der Waals surface area (Å²) in [7, 11) is 0. The second kappa shape index (κ2) is 9.79. The van der Waals surface area contributed by atoms with Crippen molar-refractivity contribution in [2.75, 3.05) is 30.3 Å². The van der Waals surface area contributed by atoms with Gasteiger partial charge < -0.3 is 14.6 Å². The monoisotopic (exact) mass is 459 g/mol. The number of aryl methyl sites for hydroxylation is 1. The van der Waals surface area contributed by atoms with Crippen molar-refractivity contribution in [3.63, 3.8) is 0 Å². The predicted molar refractivity (Wildman–Crippen MR) is 125 cm³/mol. The molecule has 2 aromatic rings. The predicted octanol–water partition coefficient (Wildman–Crippen LogP) is 3.82. The lowest BCUT2D eigenvalue weighted by atomic mass is 10.00. The number of carbonyl (C=O) groups excluding carboxylic acids is 2. The highest BCUT2D eigenvalue weighted by molar-refractivity contribution is 7.99. The van der Waals surface area contributed by atoms with E-state index in [0.717, 1.165) is 73.7 Å². The fraction of sp³-hybridized carbons (Fsp3) is 0.652. The quantitative estimate of drug-likeness (QED) is 0.474. The summed E-state index contributed by atoms with van der Waals surface area (Å²) < 4.78 is 8.02. The summed E-state index contributed by atoms with van der Waals surface area (Å²) in [5, 5.41) is 9.71. The summed E-state index contributed by atoms with van der Waals surface area (Å²) in [5.41, 5.74) is 2.59. The Morgan fingerprint density at radius 2 is 1.94 bits per heavy atom. The first-order valence-electron chi connectivity index (χ1n) is 11.5. The minimum absolute atomic E-state index is 0.0280. The lowest BCUT2D eigenvalue weighted by Gasteiger charge is -2.31. The summed E-state index contributed by atoms with van der Waals surface area (Å²) in [6.07, 6.45) is 4.57. The normalized spacial score (nSPS) is 19.6. The molecule has 174 valence electrons. The van der Waals surface area contributed by atoms with Crippen molar-refractivity contribution < 1.29 is 14.3 Å². The van der Waals surface area contributed by atoms with Crippen molar-refractivity contribution in [3.8, 4) is 0 Å². The third-order valence-electron chi connectivity index (χ3n) is 6.57. The summed E-state index contributed by atoms with van der Waals surface area (Å²) >= 11 is 1.40. The SMILES string of the molecule is CC(=O)c1c(C)[nH]c(C(=O)CSc2nnc(N3CCC(C)CC3)n2CC2CCCO2)c1C. The molecule has 1 atom stereocenters. The lowest BCUT2D eigenvalue weighted by molar-refractivity contribution is 0.0951. The molecule has 2 aliphatic heterocycles. The van der Waals surface area contributed by atoms with Crippen molar-refractivity contribution in [1.29, 1.82) is 0 Å². The van der Waals surface area contributed by atoms with Crippen LogP contribution in [0.3, 0.4) is 0 Å². The summed E-state index contributed by atoms with van der Waals surface area (Å²) in [5.74, 6) is 1.79. The number of anilines is 1. The smallest absolute Gasteiger partial charge is 0.228 e. The summed E-state index contributed by atoms with van der Waals surface area (Å²) in [6.45, 7) is 10.9. The Labute approximate surface area is 193 Å². The van der Waals surface area contributed by atoms with Gasteiger partial charge in [0.2, 0.25) is 5.95 Å². The van der Waals surface area contributed by atoms with Crippen LogP contribution in [0.1, 0.15) is 71.6 Å². The maximum absolute atomic E-state index is 13.0. The van der Waals surface area contributed by atoms with Crippen LogP contribution in [0.15, 0.2) is 5.16 Å². The lowest BCUT2D eigenvalue weighted by Crippen LogP contribution is -2.35. The van der Waals surface area contributed by atoms with Gasteiger partial charge in [-0.2, -0.15) is 0 Å². The molecule has 0 bridgehead atoms. The van der Waals surface area contributed by atoms with Gasteiger partial charge in [0, 0.05) is 31.0 Å². The van der Waals surface area contributed by atoms with Gasteiger partial charge in [-0.05, 0) is 57.9 Å². The van der Waals surface area contributed by atoms with Gasteiger partial charge in [-0.15, -0.1) is 10.2 Å². The number of H-pyrrole nitrogens is 1. The fourth-order valence-electron chi connectivity index (χ4n) is 4.74. The Hall–Kier alpha value is -2.13. The number of carbonyl (C=O) groups is 2. The van der Waals surface area contributed by atoms with Crippen LogP contribution in [0, 0.1) is 19.8 Å². The average Bonchev–Trinajstić information content (AvgIpc) is 3.47. The Morgan fingerprint density at radius 1 is 1.19 bits per heavy atom. The molecule has 2 saturated heterocycles. The number of aromatic amines is 1. The number of Topliss-reactive ketones (excluding diaryl/α,β-unsaturated/α-hetero) is 2. The van der Waals surface area contributed by atoms with E-state index in [1.165, 1.54) is 18.7 Å². The molecule has 0 aliphatic carbocycles. The molecule has 0 saturated carbocycles. The van der Waals surface area contributed by atoms with Crippen LogP contribution >= 0.6 is 11.8 Å². The van der Waals surface area contributed by atoms with E-state index in [9.17, 15) is 9.59 Å². The minimum atomic E-state index is -0.0388. The van der Waals surface area contributed by atoms with Gasteiger partial charge in [0.1, 0.15) is 0 Å². The molecule has 2 fully saturated rings. The van der Waals surface area contributed by atoms with Crippen molar-refractivity contribution >= 4 is 29.3 Å². The molecule has 1 unspecified atom stereocenters. The van der Waals surface area contributed by atoms with E-state index in [1.807, 2.05) is 13.8 Å². The van der Waals surface area contributed by atoms with Crippen molar-refractivity contribution in [2.45, 2.75) is 71.2 Å². The van der Waals surface area contributed by atoms with Gasteiger partial charge in [0.05, 0.1) is 24.1 Å². The van der Waals surface area contributed by atoms with Crippen molar-refractivity contribution in [2.24, 2.45) is 5.92 Å². The van der Waals surface area contributed by atoms with Gasteiger partial charge in [0.15, 0.2) is 16.7 Å². The molecule has 4 rings (SSSR count). The highest BCUT2D eigenvalue weighted by atomic mass is 32.2. The zero-order valence-electron chi connectivity index (χ0n) is 19.4. The largest absolute Gasteiger partial charge is 0.376 e. The number of nitrogens with one attached hydrogen (secondary N) is 1. The molecule has 0 amide bonds. The number of hydrogen-bond donors (Lipinski definition) is 1. The van der Waals surface area contributed by atoms with Gasteiger partial charge in [-0.25, -0.2) is 0 Å². The average molecular weight is 460 g/mol. The van der Waals surface area contributed by atoms with Gasteiger partial charge in [-0.3, -0.25) is 14.2 Å². The number of rotatable bonds is 8. The number of ether oxygens (including phenoxy) is 1. The number of hydrogen-bond acceptors (Lipinski definition) is 7. The molecule has 0 radical (unpaired) electrons. The summed E-state index contributed by atoms with van der Waals surface area (Å²) in [6, 6.07) is 0. The van der Waals surface area contributed by atoms with Gasteiger partial charge in [0.25, 0.3) is 0 Å². The molecule has 1 N–H and O–H groups in total. The first-order chi connectivity index (χ1) is 15.3. The zero-order valence-corrected chi connectivity index (χ0v) is 20.3. The molecule has 8 nitrogen and oxygen atoms in total. The third-order valence-corrected chi connectivity index (χ3v) is 7.54. The highest BCUT2D eigenvalue weighted by Gasteiger charge is 2.27. The van der Waals surface area contributed by atoms with Gasteiger partial charge >= 0.3 is 0 Å². The molecule has 32 heavy (non-hydrogen) atoms. The Kier molecular flexibility index (Phi) is 7.05. The van der Waals surface area contributed by atoms with Crippen molar-refractivity contribution in [1.82, 2.24) is 19.7 Å². The highest BCUT2D eigenvalue weighted by Crippen LogP contribution is 2.29. The van der Waals surface area contributed by atoms with Crippen LogP contribution in [0.5, 0.6) is 0 Å². The van der Waals surface area contributed by atoms with Crippen LogP contribution in [-0.4, -0.2) is 62.9 Å². The van der Waals surface area contributed by atoms with E-state index < -0.39 is 0 Å². The molecule has 0 aromatic carbocycles. The maximum Gasteiger partial charge on any atom is 0.228 e. The Morgan fingerprint density at radius 3 is 2.56 bits per heavy atom. The third kappa shape index (κ3) is 4.78. The van der Waals surface area contributed by atoms with E-state index >= 15 is 0 Å². The van der Waals surface area contributed by atoms with E-state index in [0.29, 0.717) is 17.8 Å². The van der Waals surface area contributed by atoms with E-state index in [1.54, 1.807) is 0 Å². The molecule has 2 aromatic heterocycles. The van der Waals surface area contributed by atoms with Crippen molar-refractivity contribution in [3.05, 3.63) is 22.5 Å². The molecule has 4 heterocycles. The fourth-order valence-corrected chi connectivity index (χ4v) is 5.56. The topological polar surface area (TPSA) is 93.1 Å². The summed E-state index contributed by atoms with van der Waals surface area (Å²) in [4.78, 5) is 30.3. The Bertz CT molecular complexity index is 984. The second-order valence-corrected chi connectivity index (χ2v) is 10.0. The molecular formula is C23H33N5O3S. The van der Waals surface area contributed by atoms with Crippen LogP contribution in [0.4, 0.5) is 5.95 Å². The second-order valence-electron chi connectivity index (χ2n) is 9.09. The first-order valence-corrected chi connectivity index (χ1v) is 12.5. The number of ketones is 2. The molecule has 2 aliphatic rings. The number of aromatic nitrogens is 4. The number of thioether (sulfide) groups is 1. The van der Waals surface area contributed by atoms with Gasteiger partial charge in [-0.1, -0.05) is 18.7 Å². The van der Waals surface area contributed by atoms with Crippen LogP contribution < -0.4 is 4.90 Å². The van der Waals surface area contributed by atoms with E-state index in [2.05, 4.69) is 31.6 Å². The van der Waals surface area contributed by atoms with E-state index in [-0.39, 0.29) is 23.4 Å². The minimum Gasteiger partial charge on any atom is -0.376 e. The maximum atomic E-state index is 13.0. The standard InChI is InChI=1S/C23H33N5O3S/c1-14-7-9-27(10-8-14)22-25-26-23(28(22)12-18-6-5-11-31-18)32-13-19(30)21-15(2)20(17(4)29)16(3)24-21/h14,18,24H,5-13H2,1-4H3. The molecule has 9 heteroatoms. The van der Waals surface area contributed by atoms with Crippen LogP contribution in [0.25, 0.3) is 0 Å².